The van der Waals surface area contributed by atoms with Gasteiger partial charge >= 0.3 is 0 Å². The average molecular weight is 387 g/mol. The Hall–Kier alpha value is -3.74. The van der Waals surface area contributed by atoms with E-state index in [9.17, 15) is 9.59 Å². The summed E-state index contributed by atoms with van der Waals surface area (Å²) in [6.45, 7) is 5.71. The Morgan fingerprint density at radius 3 is 2.41 bits per heavy atom. The lowest BCUT2D eigenvalue weighted by Crippen LogP contribution is -2.25. The van der Waals surface area contributed by atoms with Gasteiger partial charge in [-0.2, -0.15) is 9.50 Å². The molecule has 0 fully saturated rings. The Kier molecular flexibility index (Phi) is 4.72. The molecule has 0 saturated carbocycles. The van der Waals surface area contributed by atoms with Crippen molar-refractivity contribution in [2.75, 3.05) is 5.32 Å². The number of rotatable bonds is 4. The van der Waals surface area contributed by atoms with Crippen molar-refractivity contribution < 1.29 is 4.79 Å². The molecule has 2 aromatic carbocycles. The second kappa shape index (κ2) is 7.35. The molecule has 7 nitrogen and oxygen atoms in total. The molecule has 7 heteroatoms. The van der Waals surface area contributed by atoms with E-state index in [0.29, 0.717) is 17.3 Å². The molecule has 2 aromatic heterocycles. The predicted octanol–water partition coefficient (Wildman–Crippen LogP) is 3.12. The summed E-state index contributed by atoms with van der Waals surface area (Å²) in [4.78, 5) is 29.7. The number of para-hydroxylation sites is 1. The van der Waals surface area contributed by atoms with Crippen LogP contribution in [0.5, 0.6) is 0 Å². The summed E-state index contributed by atoms with van der Waals surface area (Å²) in [5.41, 5.74) is 3.97. The zero-order chi connectivity index (χ0) is 20.5. The summed E-state index contributed by atoms with van der Waals surface area (Å²) in [6, 6.07) is 16.8. The van der Waals surface area contributed by atoms with Crippen molar-refractivity contribution in [1.29, 1.82) is 0 Å². The molecule has 0 atom stereocenters. The molecule has 0 bridgehead atoms. The van der Waals surface area contributed by atoms with Crippen LogP contribution in [0.25, 0.3) is 17.2 Å². The van der Waals surface area contributed by atoms with E-state index in [0.717, 1.165) is 22.4 Å². The van der Waals surface area contributed by atoms with E-state index >= 15 is 0 Å². The lowest BCUT2D eigenvalue weighted by molar-refractivity contribution is -0.116. The molecule has 4 aromatic rings. The van der Waals surface area contributed by atoms with Gasteiger partial charge in [-0.05, 0) is 38.0 Å². The smallest absolute Gasteiger partial charge is 0.275 e. The van der Waals surface area contributed by atoms with Gasteiger partial charge in [0.2, 0.25) is 11.7 Å². The Morgan fingerprint density at radius 2 is 1.69 bits per heavy atom. The Bertz CT molecular complexity index is 1290. The van der Waals surface area contributed by atoms with Gasteiger partial charge in [-0.25, -0.2) is 0 Å². The van der Waals surface area contributed by atoms with E-state index in [4.69, 9.17) is 0 Å². The maximum absolute atomic E-state index is 12.7. The number of nitrogens with one attached hydrogen (secondary N) is 1. The van der Waals surface area contributed by atoms with Crippen LogP contribution in [0, 0.1) is 20.8 Å². The predicted molar refractivity (Wildman–Crippen MR) is 112 cm³/mol. The van der Waals surface area contributed by atoms with Crippen molar-refractivity contribution in [3.05, 3.63) is 81.8 Å². The zero-order valence-electron chi connectivity index (χ0n) is 16.5. The number of carbonyl (C=O) groups excluding carboxylic acids is 1. The Balaban J connectivity index is 1.74. The number of carbonyl (C=O) groups is 1. The quantitative estimate of drug-likeness (QED) is 0.583. The van der Waals surface area contributed by atoms with Crippen LogP contribution in [0.2, 0.25) is 0 Å². The Labute approximate surface area is 167 Å². The number of nitrogens with zero attached hydrogens (tertiary/aromatic N) is 4. The summed E-state index contributed by atoms with van der Waals surface area (Å²) in [7, 11) is 0. The van der Waals surface area contributed by atoms with E-state index in [-0.39, 0.29) is 18.0 Å². The minimum atomic E-state index is -0.277. The standard InChI is InChI=1S/C22H21N5O2/c1-14-8-4-6-10-17(14)21-24-22-26(16(3)12-20(29)27(22)25-21)13-19(28)23-18-11-7-5-9-15(18)2/h4-12H,13H2,1-3H3,(H,23,28). The summed E-state index contributed by atoms with van der Waals surface area (Å²) < 4.78 is 2.94. The first-order chi connectivity index (χ1) is 13.9. The largest absolute Gasteiger partial charge is 0.324 e. The van der Waals surface area contributed by atoms with E-state index < -0.39 is 0 Å². The first-order valence-electron chi connectivity index (χ1n) is 9.33. The normalized spacial score (nSPS) is 11.0. The highest BCUT2D eigenvalue weighted by Crippen LogP contribution is 2.20. The van der Waals surface area contributed by atoms with Gasteiger partial charge < -0.3 is 9.88 Å². The van der Waals surface area contributed by atoms with Crippen LogP contribution in [0.1, 0.15) is 16.8 Å². The van der Waals surface area contributed by atoms with Crippen LogP contribution in [0.15, 0.2) is 59.4 Å². The number of benzene rings is 2. The van der Waals surface area contributed by atoms with Gasteiger partial charge in [0.15, 0.2) is 5.82 Å². The van der Waals surface area contributed by atoms with Gasteiger partial charge in [0, 0.05) is 23.0 Å². The Morgan fingerprint density at radius 1 is 1.00 bits per heavy atom. The second-order valence-corrected chi connectivity index (χ2v) is 7.04. The number of fused-ring (bicyclic) bond motifs is 1. The van der Waals surface area contributed by atoms with Crippen molar-refractivity contribution in [2.45, 2.75) is 27.3 Å². The third-order valence-electron chi connectivity index (χ3n) is 4.91. The minimum Gasteiger partial charge on any atom is -0.324 e. The molecule has 4 rings (SSSR count). The molecule has 0 aliphatic heterocycles. The van der Waals surface area contributed by atoms with Gasteiger partial charge in [0.25, 0.3) is 5.56 Å². The van der Waals surface area contributed by atoms with Crippen molar-refractivity contribution in [1.82, 2.24) is 19.2 Å². The molecule has 0 saturated heterocycles. The highest BCUT2D eigenvalue weighted by atomic mass is 16.2. The molecule has 2 heterocycles. The van der Waals surface area contributed by atoms with Gasteiger partial charge in [-0.3, -0.25) is 9.59 Å². The third kappa shape index (κ3) is 3.54. The average Bonchev–Trinajstić information content (AvgIpc) is 3.13. The fourth-order valence-corrected chi connectivity index (χ4v) is 3.28. The molecular formula is C22H21N5O2. The number of aryl methyl sites for hydroxylation is 3. The topological polar surface area (TPSA) is 81.3 Å². The van der Waals surface area contributed by atoms with Crippen LogP contribution in [0.3, 0.4) is 0 Å². The fraction of sp³-hybridized carbons (Fsp3) is 0.182. The van der Waals surface area contributed by atoms with Crippen molar-refractivity contribution in [3.63, 3.8) is 0 Å². The highest BCUT2D eigenvalue weighted by molar-refractivity contribution is 5.91. The minimum absolute atomic E-state index is 0.0237. The van der Waals surface area contributed by atoms with Crippen LogP contribution in [-0.4, -0.2) is 25.1 Å². The van der Waals surface area contributed by atoms with Crippen molar-refractivity contribution in [3.8, 4) is 11.4 Å². The summed E-state index contributed by atoms with van der Waals surface area (Å²) >= 11 is 0. The molecule has 0 radical (unpaired) electrons. The highest BCUT2D eigenvalue weighted by Gasteiger charge is 2.16. The van der Waals surface area contributed by atoms with Gasteiger partial charge in [-0.1, -0.05) is 42.5 Å². The number of aromatic nitrogens is 4. The van der Waals surface area contributed by atoms with Gasteiger partial charge in [-0.15, -0.1) is 5.10 Å². The maximum atomic E-state index is 12.7. The van der Waals surface area contributed by atoms with E-state index in [2.05, 4.69) is 15.4 Å². The van der Waals surface area contributed by atoms with Gasteiger partial charge in [0.1, 0.15) is 6.54 Å². The number of hydrogen-bond donors (Lipinski definition) is 1. The molecule has 0 spiro atoms. The van der Waals surface area contributed by atoms with E-state index in [1.54, 1.807) is 11.5 Å². The monoisotopic (exact) mass is 387 g/mol. The van der Waals surface area contributed by atoms with Crippen molar-refractivity contribution in [2.24, 2.45) is 0 Å². The third-order valence-corrected chi connectivity index (χ3v) is 4.91. The molecule has 1 N–H and O–H groups in total. The van der Waals surface area contributed by atoms with Crippen LogP contribution in [0.4, 0.5) is 5.69 Å². The van der Waals surface area contributed by atoms with Gasteiger partial charge in [0.05, 0.1) is 0 Å². The first-order valence-corrected chi connectivity index (χ1v) is 9.33. The maximum Gasteiger partial charge on any atom is 0.275 e. The summed E-state index contributed by atoms with van der Waals surface area (Å²) in [5.74, 6) is 0.598. The number of amides is 1. The first kappa shape index (κ1) is 18.6. The van der Waals surface area contributed by atoms with Crippen LogP contribution >= 0.6 is 0 Å². The lowest BCUT2D eigenvalue weighted by atomic mass is 10.1. The number of anilines is 1. The fourth-order valence-electron chi connectivity index (χ4n) is 3.28. The summed E-state index contributed by atoms with van der Waals surface area (Å²) in [5, 5.41) is 7.31. The molecule has 0 aliphatic rings. The molecule has 0 unspecified atom stereocenters. The van der Waals surface area contributed by atoms with Crippen molar-refractivity contribution >= 4 is 17.4 Å². The molecular weight excluding hydrogens is 366 g/mol. The molecule has 29 heavy (non-hydrogen) atoms. The SMILES string of the molecule is Cc1ccccc1NC(=O)Cn1c(C)cc(=O)n2nc(-c3ccccc3C)nc12. The molecule has 0 aliphatic carbocycles. The lowest BCUT2D eigenvalue weighted by Gasteiger charge is -2.12. The molecule has 146 valence electrons. The van der Waals surface area contributed by atoms with E-state index in [1.165, 1.54) is 10.6 Å². The van der Waals surface area contributed by atoms with Crippen LogP contribution in [-0.2, 0) is 11.3 Å². The zero-order valence-corrected chi connectivity index (χ0v) is 16.5. The number of hydrogen-bond acceptors (Lipinski definition) is 4. The van der Waals surface area contributed by atoms with Crippen LogP contribution < -0.4 is 10.9 Å². The second-order valence-electron chi connectivity index (χ2n) is 7.04. The molecule has 1 amide bonds. The van der Waals surface area contributed by atoms with E-state index in [1.807, 2.05) is 62.4 Å². The summed E-state index contributed by atoms with van der Waals surface area (Å²) in [6.07, 6.45) is 0.